The van der Waals surface area contributed by atoms with E-state index in [-0.39, 0.29) is 24.6 Å². The van der Waals surface area contributed by atoms with E-state index in [0.29, 0.717) is 30.4 Å². The lowest BCUT2D eigenvalue weighted by atomic mass is 10.1. The SMILES string of the molecule is [2H]C(C)(C)N(Cc1ccccc1OCCCCCC(=O)O)C(=O)c1cc(C#CC2CC2)[nH]n1. The van der Waals surface area contributed by atoms with Gasteiger partial charge in [-0.1, -0.05) is 24.1 Å². The van der Waals surface area contributed by atoms with Crippen LogP contribution < -0.4 is 4.74 Å². The van der Waals surface area contributed by atoms with Gasteiger partial charge in [0.2, 0.25) is 0 Å². The Labute approximate surface area is 190 Å². The van der Waals surface area contributed by atoms with Crippen LogP contribution >= 0.6 is 0 Å². The first-order chi connectivity index (χ1) is 15.7. The summed E-state index contributed by atoms with van der Waals surface area (Å²) in [5.74, 6) is 6.12. The van der Waals surface area contributed by atoms with Gasteiger partial charge in [-0.3, -0.25) is 14.7 Å². The van der Waals surface area contributed by atoms with Crippen molar-refractivity contribution in [1.29, 1.82) is 0 Å². The molecule has 7 nitrogen and oxygen atoms in total. The number of para-hydroxylation sites is 1. The fraction of sp³-hybridized carbons (Fsp3) is 0.480. The second-order valence-electron chi connectivity index (χ2n) is 8.21. The molecule has 0 atom stereocenters. The van der Waals surface area contributed by atoms with Crippen molar-refractivity contribution in [2.75, 3.05) is 6.61 Å². The summed E-state index contributed by atoms with van der Waals surface area (Å²) in [5, 5.41) is 15.7. The van der Waals surface area contributed by atoms with E-state index in [1.165, 1.54) is 4.90 Å². The van der Waals surface area contributed by atoms with Gasteiger partial charge in [0.1, 0.15) is 11.4 Å². The number of ether oxygens (including phenoxy) is 1. The van der Waals surface area contributed by atoms with Crippen LogP contribution in [0.25, 0.3) is 0 Å². The van der Waals surface area contributed by atoms with Gasteiger partial charge >= 0.3 is 5.97 Å². The quantitative estimate of drug-likeness (QED) is 0.404. The Morgan fingerprint density at radius 2 is 2.09 bits per heavy atom. The number of carbonyl (C=O) groups is 2. The van der Waals surface area contributed by atoms with E-state index in [2.05, 4.69) is 22.0 Å². The van der Waals surface area contributed by atoms with Gasteiger partial charge in [0.25, 0.3) is 5.91 Å². The van der Waals surface area contributed by atoms with Gasteiger partial charge in [-0.05, 0) is 57.9 Å². The van der Waals surface area contributed by atoms with Gasteiger partial charge in [-0.15, -0.1) is 0 Å². The number of nitrogens with zero attached hydrogens (tertiary/aromatic N) is 2. The number of aliphatic carboxylic acids is 1. The van der Waals surface area contributed by atoms with E-state index in [1.807, 2.05) is 24.3 Å². The van der Waals surface area contributed by atoms with E-state index in [0.717, 1.165) is 31.2 Å². The molecule has 0 saturated heterocycles. The lowest BCUT2D eigenvalue weighted by Gasteiger charge is -2.27. The van der Waals surface area contributed by atoms with Crippen molar-refractivity contribution < 1.29 is 20.8 Å². The third kappa shape index (κ3) is 7.16. The molecular formula is C25H31N3O4. The van der Waals surface area contributed by atoms with Gasteiger partial charge in [0.15, 0.2) is 5.69 Å². The molecule has 2 aromatic rings. The average Bonchev–Trinajstić information content (AvgIpc) is 3.47. The second-order valence-corrected chi connectivity index (χ2v) is 8.21. The summed E-state index contributed by atoms with van der Waals surface area (Å²) in [6.07, 6.45) is 4.53. The van der Waals surface area contributed by atoms with Crippen LogP contribution in [0.4, 0.5) is 0 Å². The lowest BCUT2D eigenvalue weighted by molar-refractivity contribution is -0.137. The molecule has 0 bridgehead atoms. The summed E-state index contributed by atoms with van der Waals surface area (Å²) < 4.78 is 14.5. The van der Waals surface area contributed by atoms with Crippen LogP contribution in [-0.4, -0.2) is 44.7 Å². The first kappa shape index (κ1) is 21.9. The van der Waals surface area contributed by atoms with Crippen molar-refractivity contribution >= 4 is 11.9 Å². The molecule has 1 amide bonds. The standard InChI is InChI=1S/C25H31N3O4/c1-18(2)28(25(31)22-16-21(26-27-22)14-13-19-11-12-19)17-20-8-5-6-9-23(20)32-15-7-3-4-10-24(29)30/h5-6,8-9,16,18-19H,3-4,7,10-12,15,17H2,1-2H3,(H,26,27)(H,29,30)/i18D. The maximum Gasteiger partial charge on any atom is 0.303 e. The molecule has 32 heavy (non-hydrogen) atoms. The Hall–Kier alpha value is -3.27. The summed E-state index contributed by atoms with van der Waals surface area (Å²) in [5.41, 5.74) is 1.62. The first-order valence-electron chi connectivity index (χ1n) is 11.6. The number of amides is 1. The second kappa shape index (κ2) is 11.4. The minimum absolute atomic E-state index is 0.160. The van der Waals surface area contributed by atoms with Crippen LogP contribution in [0.15, 0.2) is 30.3 Å². The molecule has 3 rings (SSSR count). The number of carboxylic acids is 1. The number of benzene rings is 1. The number of hydrogen-bond donors (Lipinski definition) is 2. The zero-order valence-electron chi connectivity index (χ0n) is 19.7. The van der Waals surface area contributed by atoms with Crippen molar-refractivity contribution in [3.05, 3.63) is 47.3 Å². The average molecular weight is 439 g/mol. The molecule has 0 radical (unpaired) electrons. The Morgan fingerprint density at radius 1 is 1.31 bits per heavy atom. The third-order valence-corrected chi connectivity index (χ3v) is 5.16. The van der Waals surface area contributed by atoms with Crippen molar-refractivity contribution in [3.8, 4) is 17.6 Å². The van der Waals surface area contributed by atoms with Crippen LogP contribution in [-0.2, 0) is 11.3 Å². The lowest BCUT2D eigenvalue weighted by Crippen LogP contribution is -2.36. The van der Waals surface area contributed by atoms with Gasteiger partial charge < -0.3 is 14.7 Å². The largest absolute Gasteiger partial charge is 0.493 e. The number of carbonyl (C=O) groups excluding carboxylic acids is 1. The molecule has 170 valence electrons. The van der Waals surface area contributed by atoms with Gasteiger partial charge in [0.05, 0.1) is 7.98 Å². The smallest absolute Gasteiger partial charge is 0.303 e. The molecule has 1 aliphatic carbocycles. The number of aromatic amines is 1. The number of carboxylic acid groups (broad SMARTS) is 1. The van der Waals surface area contributed by atoms with Gasteiger partial charge in [-0.25, -0.2) is 0 Å². The van der Waals surface area contributed by atoms with E-state index in [4.69, 9.17) is 11.2 Å². The fourth-order valence-corrected chi connectivity index (χ4v) is 3.16. The number of H-pyrrole nitrogens is 1. The molecule has 1 aromatic heterocycles. The Kier molecular flexibility index (Phi) is 7.80. The molecule has 1 saturated carbocycles. The number of rotatable bonds is 11. The highest BCUT2D eigenvalue weighted by atomic mass is 16.5. The van der Waals surface area contributed by atoms with Crippen LogP contribution in [0.1, 0.15) is 75.5 Å². The fourth-order valence-electron chi connectivity index (χ4n) is 3.16. The number of aromatic nitrogens is 2. The first-order valence-corrected chi connectivity index (χ1v) is 11.1. The van der Waals surface area contributed by atoms with Gasteiger partial charge in [-0.2, -0.15) is 5.10 Å². The molecule has 1 aromatic carbocycles. The predicted octanol–water partition coefficient (Wildman–Crippen LogP) is 4.25. The van der Waals surface area contributed by atoms with E-state index >= 15 is 0 Å². The van der Waals surface area contributed by atoms with E-state index in [9.17, 15) is 9.59 Å². The van der Waals surface area contributed by atoms with Crippen molar-refractivity contribution in [1.82, 2.24) is 15.1 Å². The predicted molar refractivity (Wildman–Crippen MR) is 121 cm³/mol. The van der Waals surface area contributed by atoms with Gasteiger partial charge in [0, 0.05) is 36.5 Å². The minimum Gasteiger partial charge on any atom is -0.493 e. The number of nitrogens with one attached hydrogen (secondary N) is 1. The molecular weight excluding hydrogens is 406 g/mol. The summed E-state index contributed by atoms with van der Waals surface area (Å²) >= 11 is 0. The summed E-state index contributed by atoms with van der Waals surface area (Å²) in [7, 11) is 0. The molecule has 7 heteroatoms. The molecule has 1 fully saturated rings. The topological polar surface area (TPSA) is 95.5 Å². The molecule has 0 aliphatic heterocycles. The van der Waals surface area contributed by atoms with Crippen LogP contribution in [0, 0.1) is 17.8 Å². The Morgan fingerprint density at radius 3 is 2.81 bits per heavy atom. The highest BCUT2D eigenvalue weighted by molar-refractivity contribution is 5.92. The third-order valence-electron chi connectivity index (χ3n) is 5.16. The monoisotopic (exact) mass is 438 g/mol. The summed E-state index contributed by atoms with van der Waals surface area (Å²) in [6.45, 7) is 3.98. The van der Waals surface area contributed by atoms with E-state index in [1.54, 1.807) is 19.9 Å². The molecule has 0 unspecified atom stereocenters. The summed E-state index contributed by atoms with van der Waals surface area (Å²) in [4.78, 5) is 25.3. The Bertz CT molecular complexity index is 1030. The zero-order valence-corrected chi connectivity index (χ0v) is 18.7. The number of unbranched alkanes of at least 4 members (excludes halogenated alkanes) is 2. The normalized spacial score (nSPS) is 13.6. The summed E-state index contributed by atoms with van der Waals surface area (Å²) in [6, 6.07) is 7.90. The van der Waals surface area contributed by atoms with Crippen molar-refractivity contribution in [3.63, 3.8) is 0 Å². The van der Waals surface area contributed by atoms with E-state index < -0.39 is 12.0 Å². The Balaban J connectivity index is 1.66. The minimum atomic E-state index is -1.18. The molecule has 1 aliphatic rings. The molecule has 1 heterocycles. The molecule has 0 spiro atoms. The highest BCUT2D eigenvalue weighted by Crippen LogP contribution is 2.27. The van der Waals surface area contributed by atoms with Crippen LogP contribution in [0.2, 0.25) is 0 Å². The molecule has 2 N–H and O–H groups in total. The maximum atomic E-state index is 13.2. The van der Waals surface area contributed by atoms with Crippen molar-refractivity contribution in [2.45, 2.75) is 64.9 Å². The highest BCUT2D eigenvalue weighted by Gasteiger charge is 2.23. The maximum absolute atomic E-state index is 13.2. The number of hydrogen-bond acceptors (Lipinski definition) is 4. The zero-order chi connectivity index (χ0) is 23.8. The van der Waals surface area contributed by atoms with Crippen molar-refractivity contribution in [2.24, 2.45) is 5.92 Å². The van der Waals surface area contributed by atoms with Crippen LogP contribution in [0.3, 0.4) is 0 Å². The van der Waals surface area contributed by atoms with Crippen LogP contribution in [0.5, 0.6) is 5.75 Å².